The van der Waals surface area contributed by atoms with Gasteiger partial charge < -0.3 is 15.8 Å². The summed E-state index contributed by atoms with van der Waals surface area (Å²) in [6.45, 7) is 6.99. The topological polar surface area (TPSA) is 64.4 Å². The molecule has 0 radical (unpaired) electrons. The van der Waals surface area contributed by atoms with Crippen LogP contribution in [-0.2, 0) is 9.53 Å². The number of ether oxygens (including phenoxy) is 1. The molecule has 0 saturated heterocycles. The fourth-order valence-electron chi connectivity index (χ4n) is 0.932. The first kappa shape index (κ1) is 13.4. The van der Waals surface area contributed by atoms with Crippen LogP contribution in [0.15, 0.2) is 0 Å². The predicted molar refractivity (Wildman–Crippen MR) is 57.0 cm³/mol. The van der Waals surface area contributed by atoms with E-state index in [-0.39, 0.29) is 18.1 Å². The lowest BCUT2D eigenvalue weighted by Gasteiger charge is -2.09. The molecular weight excluding hydrogens is 180 g/mol. The van der Waals surface area contributed by atoms with Gasteiger partial charge in [-0.15, -0.1) is 0 Å². The van der Waals surface area contributed by atoms with Crippen molar-refractivity contribution in [3.8, 4) is 0 Å². The third-order valence-corrected chi connectivity index (χ3v) is 1.70. The van der Waals surface area contributed by atoms with Crippen molar-refractivity contribution >= 4 is 5.91 Å². The number of hydrogen-bond acceptors (Lipinski definition) is 3. The Morgan fingerprint density at radius 3 is 2.57 bits per heavy atom. The van der Waals surface area contributed by atoms with Gasteiger partial charge in [0.1, 0.15) is 0 Å². The van der Waals surface area contributed by atoms with Crippen LogP contribution in [0, 0.1) is 0 Å². The number of carbonyl (C=O) groups excluding carboxylic acids is 1. The summed E-state index contributed by atoms with van der Waals surface area (Å²) in [5.74, 6) is 0.0506. The molecule has 14 heavy (non-hydrogen) atoms. The number of carbonyl (C=O) groups is 1. The molecule has 0 rings (SSSR count). The van der Waals surface area contributed by atoms with Crippen LogP contribution in [-0.4, -0.2) is 31.2 Å². The van der Waals surface area contributed by atoms with Gasteiger partial charge >= 0.3 is 0 Å². The fraction of sp³-hybridized carbons (Fsp3) is 0.900. The van der Waals surface area contributed by atoms with Crippen molar-refractivity contribution in [3.05, 3.63) is 0 Å². The molecule has 1 atom stereocenters. The summed E-state index contributed by atoms with van der Waals surface area (Å²) in [6.07, 6.45) is 1.45. The fourth-order valence-corrected chi connectivity index (χ4v) is 0.932. The zero-order valence-electron chi connectivity index (χ0n) is 9.38. The van der Waals surface area contributed by atoms with Crippen LogP contribution in [0.4, 0.5) is 0 Å². The lowest BCUT2D eigenvalue weighted by molar-refractivity contribution is -0.121. The number of hydrogen-bond donors (Lipinski definition) is 2. The van der Waals surface area contributed by atoms with Crippen LogP contribution in [0.25, 0.3) is 0 Å². The Labute approximate surface area is 86.2 Å². The van der Waals surface area contributed by atoms with Gasteiger partial charge in [-0.2, -0.15) is 0 Å². The summed E-state index contributed by atoms with van der Waals surface area (Å²) >= 11 is 0. The van der Waals surface area contributed by atoms with Crippen molar-refractivity contribution in [2.45, 2.75) is 45.8 Å². The number of nitrogens with one attached hydrogen (secondary N) is 1. The first-order chi connectivity index (χ1) is 6.52. The third-order valence-electron chi connectivity index (χ3n) is 1.70. The van der Waals surface area contributed by atoms with Crippen molar-refractivity contribution in [1.82, 2.24) is 5.32 Å². The van der Waals surface area contributed by atoms with Crippen LogP contribution in [0.2, 0.25) is 0 Å². The SMILES string of the molecule is CC(N)CCC(=O)NCCOC(C)C. The van der Waals surface area contributed by atoms with Crippen LogP contribution in [0.3, 0.4) is 0 Å². The standard InChI is InChI=1S/C10H22N2O2/c1-8(2)14-7-6-12-10(13)5-4-9(3)11/h8-9H,4-7,11H2,1-3H3,(H,12,13). The van der Waals surface area contributed by atoms with Gasteiger partial charge in [0.05, 0.1) is 12.7 Å². The third kappa shape index (κ3) is 9.48. The van der Waals surface area contributed by atoms with Gasteiger partial charge in [0.2, 0.25) is 5.91 Å². The van der Waals surface area contributed by atoms with Gasteiger partial charge in [0, 0.05) is 19.0 Å². The van der Waals surface area contributed by atoms with E-state index in [1.165, 1.54) is 0 Å². The van der Waals surface area contributed by atoms with E-state index in [0.717, 1.165) is 6.42 Å². The molecule has 0 aromatic carbocycles. The average Bonchev–Trinajstić information content (AvgIpc) is 2.08. The molecule has 0 aromatic rings. The number of amides is 1. The predicted octanol–water partition coefficient (Wildman–Crippen LogP) is 0.655. The second-order valence-electron chi connectivity index (χ2n) is 3.79. The maximum atomic E-state index is 11.2. The van der Waals surface area contributed by atoms with E-state index in [9.17, 15) is 4.79 Å². The van der Waals surface area contributed by atoms with Gasteiger partial charge in [-0.05, 0) is 27.2 Å². The molecule has 0 aliphatic heterocycles. The Morgan fingerprint density at radius 2 is 2.07 bits per heavy atom. The highest BCUT2D eigenvalue weighted by Gasteiger charge is 2.02. The second kappa shape index (κ2) is 7.76. The van der Waals surface area contributed by atoms with E-state index in [4.69, 9.17) is 10.5 Å². The highest BCUT2D eigenvalue weighted by molar-refractivity contribution is 5.75. The molecule has 3 N–H and O–H groups in total. The van der Waals surface area contributed by atoms with Gasteiger partial charge in [-0.25, -0.2) is 0 Å². The molecule has 1 amide bonds. The van der Waals surface area contributed by atoms with E-state index in [2.05, 4.69) is 5.32 Å². The molecule has 1 unspecified atom stereocenters. The molecular formula is C10H22N2O2. The number of rotatable bonds is 7. The lowest BCUT2D eigenvalue weighted by Crippen LogP contribution is -2.29. The molecule has 0 aromatic heterocycles. The van der Waals surface area contributed by atoms with Crippen molar-refractivity contribution in [3.63, 3.8) is 0 Å². The minimum absolute atomic E-state index is 0.0506. The minimum Gasteiger partial charge on any atom is -0.377 e. The van der Waals surface area contributed by atoms with Crippen LogP contribution >= 0.6 is 0 Å². The smallest absolute Gasteiger partial charge is 0.220 e. The molecule has 0 bridgehead atoms. The Bertz CT molecular complexity index is 158. The van der Waals surface area contributed by atoms with E-state index >= 15 is 0 Å². The van der Waals surface area contributed by atoms with Crippen molar-refractivity contribution < 1.29 is 9.53 Å². The molecule has 0 spiro atoms. The van der Waals surface area contributed by atoms with E-state index < -0.39 is 0 Å². The quantitative estimate of drug-likeness (QED) is 0.596. The molecule has 0 aliphatic carbocycles. The van der Waals surface area contributed by atoms with Crippen LogP contribution in [0.5, 0.6) is 0 Å². The van der Waals surface area contributed by atoms with E-state index in [1.54, 1.807) is 0 Å². The minimum atomic E-state index is 0.0506. The highest BCUT2D eigenvalue weighted by atomic mass is 16.5. The van der Waals surface area contributed by atoms with Crippen LogP contribution < -0.4 is 11.1 Å². The zero-order valence-corrected chi connectivity index (χ0v) is 9.38. The molecule has 0 saturated carbocycles. The Kier molecular flexibility index (Phi) is 7.42. The maximum absolute atomic E-state index is 11.2. The summed E-state index contributed by atoms with van der Waals surface area (Å²) in [4.78, 5) is 11.2. The monoisotopic (exact) mass is 202 g/mol. The Morgan fingerprint density at radius 1 is 1.43 bits per heavy atom. The summed E-state index contributed by atoms with van der Waals surface area (Å²) in [6, 6.07) is 0.0904. The van der Waals surface area contributed by atoms with Crippen molar-refractivity contribution in [1.29, 1.82) is 0 Å². The molecule has 0 heterocycles. The van der Waals surface area contributed by atoms with Gasteiger partial charge in [0.15, 0.2) is 0 Å². The highest BCUT2D eigenvalue weighted by Crippen LogP contribution is 1.92. The van der Waals surface area contributed by atoms with Crippen LogP contribution in [0.1, 0.15) is 33.6 Å². The molecule has 84 valence electrons. The van der Waals surface area contributed by atoms with Gasteiger partial charge in [0.25, 0.3) is 0 Å². The summed E-state index contributed by atoms with van der Waals surface area (Å²) in [5.41, 5.74) is 5.53. The van der Waals surface area contributed by atoms with Gasteiger partial charge in [-0.1, -0.05) is 0 Å². The second-order valence-corrected chi connectivity index (χ2v) is 3.79. The Hall–Kier alpha value is -0.610. The molecule has 0 aliphatic rings. The molecule has 0 fully saturated rings. The summed E-state index contributed by atoms with van der Waals surface area (Å²) in [7, 11) is 0. The van der Waals surface area contributed by atoms with E-state index in [1.807, 2.05) is 20.8 Å². The number of nitrogens with two attached hydrogens (primary N) is 1. The normalized spacial score (nSPS) is 12.9. The summed E-state index contributed by atoms with van der Waals surface area (Å²) < 4.78 is 5.28. The molecule has 4 heteroatoms. The molecule has 4 nitrogen and oxygen atoms in total. The van der Waals surface area contributed by atoms with Gasteiger partial charge in [-0.3, -0.25) is 4.79 Å². The first-order valence-electron chi connectivity index (χ1n) is 5.16. The van der Waals surface area contributed by atoms with Crippen molar-refractivity contribution in [2.24, 2.45) is 5.73 Å². The summed E-state index contributed by atoms with van der Waals surface area (Å²) in [5, 5.41) is 2.77. The zero-order chi connectivity index (χ0) is 11.0. The first-order valence-corrected chi connectivity index (χ1v) is 5.16. The largest absolute Gasteiger partial charge is 0.377 e. The lowest BCUT2D eigenvalue weighted by atomic mass is 10.2. The maximum Gasteiger partial charge on any atom is 0.220 e. The van der Waals surface area contributed by atoms with E-state index in [0.29, 0.717) is 19.6 Å². The Balaban J connectivity index is 3.27. The average molecular weight is 202 g/mol. The van der Waals surface area contributed by atoms with Crippen molar-refractivity contribution in [2.75, 3.05) is 13.2 Å².